The third kappa shape index (κ3) is 4.10. The van der Waals surface area contributed by atoms with Crippen LogP contribution in [0.25, 0.3) is 0 Å². The summed E-state index contributed by atoms with van der Waals surface area (Å²) in [6.07, 6.45) is 4.84. The maximum atomic E-state index is 5.47. The first-order valence-electron chi connectivity index (χ1n) is 6.84. The Morgan fingerprint density at radius 1 is 1.17 bits per heavy atom. The van der Waals surface area contributed by atoms with Crippen LogP contribution >= 0.6 is 11.9 Å². The van der Waals surface area contributed by atoms with E-state index in [0.29, 0.717) is 0 Å². The van der Waals surface area contributed by atoms with Crippen LogP contribution in [0.1, 0.15) is 25.7 Å². The maximum Gasteiger partial charge on any atom is 0.0471 e. The number of nitrogens with two attached hydrogens (primary N) is 1. The van der Waals surface area contributed by atoms with Crippen LogP contribution in [0.15, 0.2) is 24.3 Å². The predicted octanol–water partition coefficient (Wildman–Crippen LogP) is 3.09. The van der Waals surface area contributed by atoms with Gasteiger partial charge in [-0.25, -0.2) is 0 Å². The number of anilines is 2. The molecule has 0 amide bonds. The van der Waals surface area contributed by atoms with E-state index in [0.717, 1.165) is 19.5 Å². The first kappa shape index (κ1) is 13.6. The minimum Gasteiger partial charge on any atom is -0.385 e. The summed E-state index contributed by atoms with van der Waals surface area (Å²) in [7, 11) is 0. The molecule has 1 saturated heterocycles. The highest BCUT2D eigenvalue weighted by molar-refractivity contribution is 8.00. The predicted molar refractivity (Wildman–Crippen MR) is 82.3 cm³/mol. The molecule has 1 aliphatic heterocycles. The fourth-order valence-corrected chi connectivity index (χ4v) is 3.08. The number of unbranched alkanes of at least 4 members (excludes halogenated alkanes) is 2. The van der Waals surface area contributed by atoms with Gasteiger partial charge in [0.15, 0.2) is 0 Å². The lowest BCUT2D eigenvalue weighted by molar-refractivity contribution is 0.707. The second-order valence-corrected chi connectivity index (χ2v) is 5.72. The number of hydrogen-bond donors (Lipinski definition) is 2. The van der Waals surface area contributed by atoms with E-state index in [-0.39, 0.29) is 0 Å². The Morgan fingerprint density at radius 3 is 2.67 bits per heavy atom. The monoisotopic (exact) mass is 265 g/mol. The molecule has 0 aliphatic carbocycles. The van der Waals surface area contributed by atoms with E-state index in [2.05, 4.69) is 33.9 Å². The molecule has 0 aromatic heterocycles. The first-order chi connectivity index (χ1) is 8.90. The van der Waals surface area contributed by atoms with Gasteiger partial charge in [-0.15, -0.1) is 0 Å². The minimum absolute atomic E-state index is 0.808. The molecule has 4 heteroatoms. The molecule has 0 bridgehead atoms. The highest BCUT2D eigenvalue weighted by atomic mass is 32.2. The molecule has 0 atom stereocenters. The van der Waals surface area contributed by atoms with E-state index >= 15 is 0 Å². The van der Waals surface area contributed by atoms with Crippen LogP contribution in [0.2, 0.25) is 0 Å². The number of rotatable bonds is 7. The van der Waals surface area contributed by atoms with Crippen LogP contribution in [0.4, 0.5) is 11.4 Å². The van der Waals surface area contributed by atoms with E-state index in [4.69, 9.17) is 5.73 Å². The van der Waals surface area contributed by atoms with Gasteiger partial charge in [0.05, 0.1) is 0 Å². The summed E-state index contributed by atoms with van der Waals surface area (Å²) in [5.41, 5.74) is 8.01. The normalized spacial score (nSPS) is 15.1. The molecule has 0 saturated carbocycles. The lowest BCUT2D eigenvalue weighted by atomic mass is 10.2. The summed E-state index contributed by atoms with van der Waals surface area (Å²) < 4.78 is 2.38. The van der Waals surface area contributed by atoms with Crippen molar-refractivity contribution in [3.63, 3.8) is 0 Å². The molecule has 0 radical (unpaired) electrons. The summed E-state index contributed by atoms with van der Waals surface area (Å²) >= 11 is 1.93. The minimum atomic E-state index is 0.808. The van der Waals surface area contributed by atoms with E-state index in [1.165, 1.54) is 42.9 Å². The van der Waals surface area contributed by atoms with Gasteiger partial charge >= 0.3 is 0 Å². The van der Waals surface area contributed by atoms with Gasteiger partial charge in [-0.1, -0.05) is 6.42 Å². The van der Waals surface area contributed by atoms with Gasteiger partial charge in [-0.3, -0.25) is 0 Å². The highest BCUT2D eigenvalue weighted by Crippen LogP contribution is 2.29. The fourth-order valence-electron chi connectivity index (χ4n) is 2.08. The van der Waals surface area contributed by atoms with Gasteiger partial charge in [0.2, 0.25) is 0 Å². The van der Waals surface area contributed by atoms with Crippen molar-refractivity contribution < 1.29 is 0 Å². The second-order valence-electron chi connectivity index (χ2n) is 4.61. The summed E-state index contributed by atoms with van der Waals surface area (Å²) in [5.74, 6) is 1.25. The number of benzene rings is 1. The van der Waals surface area contributed by atoms with Crippen molar-refractivity contribution in [1.82, 2.24) is 0 Å². The van der Waals surface area contributed by atoms with Crippen molar-refractivity contribution in [3.05, 3.63) is 24.3 Å². The van der Waals surface area contributed by atoms with Gasteiger partial charge in [0, 0.05) is 30.2 Å². The van der Waals surface area contributed by atoms with Gasteiger partial charge in [0.1, 0.15) is 0 Å². The fraction of sp³-hybridized carbons (Fsp3) is 0.571. The van der Waals surface area contributed by atoms with Gasteiger partial charge in [-0.05, 0) is 62.0 Å². The molecule has 1 aromatic rings. The zero-order valence-corrected chi connectivity index (χ0v) is 11.7. The molecule has 1 aromatic carbocycles. The third-order valence-electron chi connectivity index (χ3n) is 3.12. The number of nitrogens with one attached hydrogen (secondary N) is 1. The summed E-state index contributed by atoms with van der Waals surface area (Å²) in [4.78, 5) is 0. The standard InChI is InChI=1S/C14H23N3S/c15-9-2-1-3-10-16-13-5-7-14(8-6-13)17-11-4-12-18-17/h5-8,16H,1-4,9-12,15H2. The van der Waals surface area contributed by atoms with Crippen molar-refractivity contribution in [1.29, 1.82) is 0 Å². The second kappa shape index (κ2) is 7.54. The smallest absolute Gasteiger partial charge is 0.0471 e. The molecule has 1 fully saturated rings. The van der Waals surface area contributed by atoms with Crippen molar-refractivity contribution >= 4 is 23.3 Å². The van der Waals surface area contributed by atoms with Crippen molar-refractivity contribution in [2.24, 2.45) is 5.73 Å². The Bertz CT molecular complexity index is 333. The van der Waals surface area contributed by atoms with Gasteiger partial charge < -0.3 is 15.4 Å². The lowest BCUT2D eigenvalue weighted by Crippen LogP contribution is -2.08. The van der Waals surface area contributed by atoms with Crippen LogP contribution in [0, 0.1) is 0 Å². The first-order valence-corrected chi connectivity index (χ1v) is 7.79. The molecule has 0 spiro atoms. The molecular formula is C14H23N3S. The lowest BCUT2D eigenvalue weighted by Gasteiger charge is -2.16. The molecule has 1 aliphatic rings. The van der Waals surface area contributed by atoms with Crippen LogP contribution in [-0.2, 0) is 0 Å². The topological polar surface area (TPSA) is 41.3 Å². The molecule has 2 rings (SSSR count). The zero-order valence-electron chi connectivity index (χ0n) is 10.9. The maximum absolute atomic E-state index is 5.47. The van der Waals surface area contributed by atoms with Crippen LogP contribution < -0.4 is 15.4 Å². The quantitative estimate of drug-likeness (QED) is 0.587. The van der Waals surface area contributed by atoms with Crippen molar-refractivity contribution in [2.75, 3.05) is 35.0 Å². The van der Waals surface area contributed by atoms with Crippen LogP contribution in [0.5, 0.6) is 0 Å². The SMILES string of the molecule is NCCCCCNc1ccc(N2CCCS2)cc1. The molecular weight excluding hydrogens is 242 g/mol. The molecule has 3 N–H and O–H groups in total. The van der Waals surface area contributed by atoms with E-state index < -0.39 is 0 Å². The number of hydrogen-bond acceptors (Lipinski definition) is 4. The van der Waals surface area contributed by atoms with Crippen LogP contribution in [-0.4, -0.2) is 25.4 Å². The largest absolute Gasteiger partial charge is 0.385 e. The van der Waals surface area contributed by atoms with Crippen molar-refractivity contribution in [3.8, 4) is 0 Å². The van der Waals surface area contributed by atoms with E-state index in [9.17, 15) is 0 Å². The van der Waals surface area contributed by atoms with Crippen molar-refractivity contribution in [2.45, 2.75) is 25.7 Å². The Hall–Kier alpha value is -0.870. The van der Waals surface area contributed by atoms with Crippen LogP contribution in [0.3, 0.4) is 0 Å². The molecule has 0 unspecified atom stereocenters. The summed E-state index contributed by atoms with van der Waals surface area (Å²) in [5, 5.41) is 3.46. The Kier molecular flexibility index (Phi) is 5.68. The average molecular weight is 265 g/mol. The molecule has 100 valence electrons. The molecule has 3 nitrogen and oxygen atoms in total. The number of nitrogens with zero attached hydrogens (tertiary/aromatic N) is 1. The third-order valence-corrected chi connectivity index (χ3v) is 4.29. The highest BCUT2D eigenvalue weighted by Gasteiger charge is 2.12. The van der Waals surface area contributed by atoms with Gasteiger partial charge in [-0.2, -0.15) is 0 Å². The summed E-state index contributed by atoms with van der Waals surface area (Å²) in [6, 6.07) is 8.77. The van der Waals surface area contributed by atoms with E-state index in [1.807, 2.05) is 11.9 Å². The average Bonchev–Trinajstić information content (AvgIpc) is 2.93. The summed E-state index contributed by atoms with van der Waals surface area (Å²) in [6.45, 7) is 3.02. The van der Waals surface area contributed by atoms with E-state index in [1.54, 1.807) is 0 Å². The molecule has 1 heterocycles. The Balaban J connectivity index is 1.73. The van der Waals surface area contributed by atoms with Gasteiger partial charge in [0.25, 0.3) is 0 Å². The zero-order chi connectivity index (χ0) is 12.6. The Labute approximate surface area is 114 Å². The Morgan fingerprint density at radius 2 is 2.00 bits per heavy atom. The molecule has 18 heavy (non-hydrogen) atoms.